The summed E-state index contributed by atoms with van der Waals surface area (Å²) in [6, 6.07) is 8.15. The number of benzene rings is 1. The molecule has 0 aliphatic heterocycles. The van der Waals surface area contributed by atoms with E-state index >= 15 is 0 Å². The number of imidazole rings is 1. The molecule has 1 heterocycles. The van der Waals surface area contributed by atoms with E-state index in [2.05, 4.69) is 4.98 Å². The summed E-state index contributed by atoms with van der Waals surface area (Å²) in [6.07, 6.45) is 3.58. The van der Waals surface area contributed by atoms with Crippen molar-refractivity contribution < 1.29 is 4.74 Å². The topological polar surface area (TPSA) is 53.1 Å². The Labute approximate surface area is 101 Å². The van der Waals surface area contributed by atoms with Gasteiger partial charge in [-0.25, -0.2) is 4.98 Å². The lowest BCUT2D eigenvalue weighted by Crippen LogP contribution is -2.10. The zero-order valence-corrected chi connectivity index (χ0v) is 10.1. The van der Waals surface area contributed by atoms with E-state index in [1.54, 1.807) is 19.6 Å². The average Bonchev–Trinajstić information content (AvgIpc) is 2.79. The van der Waals surface area contributed by atoms with E-state index in [1.165, 1.54) is 0 Å². The minimum absolute atomic E-state index is 0.0313. The zero-order chi connectivity index (χ0) is 12.3. The Morgan fingerprint density at radius 2 is 2.06 bits per heavy atom. The highest BCUT2D eigenvalue weighted by Gasteiger charge is 2.07. The zero-order valence-electron chi connectivity index (χ0n) is 10.1. The van der Waals surface area contributed by atoms with Gasteiger partial charge in [-0.05, 0) is 24.6 Å². The van der Waals surface area contributed by atoms with Crippen molar-refractivity contribution in [2.24, 2.45) is 5.73 Å². The number of hydrogen-bond donors (Lipinski definition) is 1. The fourth-order valence-electron chi connectivity index (χ4n) is 1.78. The molecule has 0 aliphatic rings. The standard InChI is InChI=1S/C13H17N3O/c1-10(14)13-7-15-9-16(13)12-5-3-11(4-6-12)8-17-2/h3-7,9-10H,8,14H2,1-2H3. The molecule has 2 aromatic rings. The van der Waals surface area contributed by atoms with Crippen molar-refractivity contribution in [1.29, 1.82) is 0 Å². The molecule has 1 aromatic heterocycles. The van der Waals surface area contributed by atoms with Gasteiger partial charge in [0.25, 0.3) is 0 Å². The van der Waals surface area contributed by atoms with E-state index in [0.29, 0.717) is 6.61 Å². The van der Waals surface area contributed by atoms with Crippen molar-refractivity contribution in [3.63, 3.8) is 0 Å². The van der Waals surface area contributed by atoms with E-state index in [0.717, 1.165) is 16.9 Å². The number of methoxy groups -OCH3 is 1. The normalized spacial score (nSPS) is 12.6. The van der Waals surface area contributed by atoms with Gasteiger partial charge in [-0.3, -0.25) is 0 Å². The Morgan fingerprint density at radius 3 is 2.65 bits per heavy atom. The molecule has 0 radical (unpaired) electrons. The maximum Gasteiger partial charge on any atom is 0.0994 e. The van der Waals surface area contributed by atoms with Crippen LogP contribution in [0.3, 0.4) is 0 Å². The molecule has 0 fully saturated rings. The van der Waals surface area contributed by atoms with Crippen molar-refractivity contribution in [2.75, 3.05) is 7.11 Å². The van der Waals surface area contributed by atoms with Crippen LogP contribution in [-0.2, 0) is 11.3 Å². The van der Waals surface area contributed by atoms with Crippen LogP contribution in [0.4, 0.5) is 0 Å². The lowest BCUT2D eigenvalue weighted by Gasteiger charge is -2.11. The molecule has 0 amide bonds. The molecule has 90 valence electrons. The second-order valence-corrected chi connectivity index (χ2v) is 4.08. The first-order valence-electron chi connectivity index (χ1n) is 5.58. The predicted molar refractivity (Wildman–Crippen MR) is 66.9 cm³/mol. The summed E-state index contributed by atoms with van der Waals surface area (Å²) in [4.78, 5) is 4.14. The minimum atomic E-state index is -0.0313. The van der Waals surface area contributed by atoms with Crippen LogP contribution in [0.2, 0.25) is 0 Å². The van der Waals surface area contributed by atoms with Gasteiger partial charge in [0.05, 0.1) is 24.8 Å². The summed E-state index contributed by atoms with van der Waals surface area (Å²) in [5, 5.41) is 0. The van der Waals surface area contributed by atoms with E-state index in [-0.39, 0.29) is 6.04 Å². The molecule has 2 N–H and O–H groups in total. The third-order valence-corrected chi connectivity index (χ3v) is 2.66. The number of rotatable bonds is 4. The van der Waals surface area contributed by atoms with Gasteiger partial charge in [0.15, 0.2) is 0 Å². The molecule has 4 heteroatoms. The van der Waals surface area contributed by atoms with Crippen LogP contribution in [0.25, 0.3) is 5.69 Å². The molecule has 4 nitrogen and oxygen atoms in total. The van der Waals surface area contributed by atoms with Crippen molar-refractivity contribution in [2.45, 2.75) is 19.6 Å². The van der Waals surface area contributed by atoms with Crippen LogP contribution in [0.15, 0.2) is 36.8 Å². The lowest BCUT2D eigenvalue weighted by molar-refractivity contribution is 0.185. The number of nitrogens with zero attached hydrogens (tertiary/aromatic N) is 2. The van der Waals surface area contributed by atoms with Crippen LogP contribution in [0, 0.1) is 0 Å². The second kappa shape index (κ2) is 5.12. The van der Waals surface area contributed by atoms with Crippen LogP contribution >= 0.6 is 0 Å². The molecule has 0 saturated heterocycles. The van der Waals surface area contributed by atoms with Gasteiger partial charge in [0.1, 0.15) is 0 Å². The summed E-state index contributed by atoms with van der Waals surface area (Å²) in [6.45, 7) is 2.58. The third-order valence-electron chi connectivity index (χ3n) is 2.66. The molecule has 0 spiro atoms. The Bertz CT molecular complexity index is 474. The Morgan fingerprint density at radius 1 is 1.35 bits per heavy atom. The SMILES string of the molecule is COCc1ccc(-n2cncc2C(C)N)cc1. The van der Waals surface area contributed by atoms with E-state index < -0.39 is 0 Å². The first kappa shape index (κ1) is 11.8. The van der Waals surface area contributed by atoms with Gasteiger partial charge in [-0.2, -0.15) is 0 Å². The Kier molecular flexibility index (Phi) is 3.56. The summed E-state index contributed by atoms with van der Waals surface area (Å²) >= 11 is 0. The summed E-state index contributed by atoms with van der Waals surface area (Å²) in [7, 11) is 1.69. The summed E-state index contributed by atoms with van der Waals surface area (Å²) in [5.74, 6) is 0. The molecule has 1 unspecified atom stereocenters. The van der Waals surface area contributed by atoms with E-state index in [4.69, 9.17) is 10.5 Å². The van der Waals surface area contributed by atoms with E-state index in [9.17, 15) is 0 Å². The van der Waals surface area contributed by atoms with Crippen LogP contribution < -0.4 is 5.73 Å². The maximum atomic E-state index is 5.89. The molecule has 17 heavy (non-hydrogen) atoms. The second-order valence-electron chi connectivity index (χ2n) is 4.08. The summed E-state index contributed by atoms with van der Waals surface area (Å²) in [5.41, 5.74) is 9.11. The molecular formula is C13H17N3O. The minimum Gasteiger partial charge on any atom is -0.380 e. The first-order chi connectivity index (χ1) is 8.22. The van der Waals surface area contributed by atoms with Crippen molar-refractivity contribution in [1.82, 2.24) is 9.55 Å². The monoisotopic (exact) mass is 231 g/mol. The lowest BCUT2D eigenvalue weighted by atomic mass is 10.2. The van der Waals surface area contributed by atoms with Crippen molar-refractivity contribution in [3.05, 3.63) is 48.0 Å². The van der Waals surface area contributed by atoms with Crippen molar-refractivity contribution in [3.8, 4) is 5.69 Å². The highest BCUT2D eigenvalue weighted by molar-refractivity contribution is 5.36. The average molecular weight is 231 g/mol. The third kappa shape index (κ3) is 2.54. The molecule has 0 bridgehead atoms. The van der Waals surface area contributed by atoms with Gasteiger partial charge in [0, 0.05) is 18.8 Å². The van der Waals surface area contributed by atoms with Gasteiger partial charge in [-0.15, -0.1) is 0 Å². The smallest absolute Gasteiger partial charge is 0.0994 e. The Hall–Kier alpha value is -1.65. The fraction of sp³-hybridized carbons (Fsp3) is 0.308. The molecular weight excluding hydrogens is 214 g/mol. The quantitative estimate of drug-likeness (QED) is 0.876. The van der Waals surface area contributed by atoms with Crippen LogP contribution in [0.1, 0.15) is 24.2 Å². The van der Waals surface area contributed by atoms with Crippen LogP contribution in [0.5, 0.6) is 0 Å². The van der Waals surface area contributed by atoms with Crippen LogP contribution in [-0.4, -0.2) is 16.7 Å². The van der Waals surface area contributed by atoms with Gasteiger partial charge >= 0.3 is 0 Å². The van der Waals surface area contributed by atoms with Gasteiger partial charge < -0.3 is 15.0 Å². The molecule has 0 aliphatic carbocycles. The van der Waals surface area contributed by atoms with E-state index in [1.807, 2.05) is 35.8 Å². The molecule has 0 saturated carbocycles. The van der Waals surface area contributed by atoms with Gasteiger partial charge in [0.2, 0.25) is 0 Å². The summed E-state index contributed by atoms with van der Waals surface area (Å²) < 4.78 is 7.08. The predicted octanol–water partition coefficient (Wildman–Crippen LogP) is 2.04. The number of aromatic nitrogens is 2. The molecule has 1 atom stereocenters. The maximum absolute atomic E-state index is 5.89. The fourth-order valence-corrected chi connectivity index (χ4v) is 1.78. The first-order valence-corrected chi connectivity index (χ1v) is 5.58. The number of nitrogens with two attached hydrogens (primary N) is 1. The van der Waals surface area contributed by atoms with Crippen molar-refractivity contribution >= 4 is 0 Å². The van der Waals surface area contributed by atoms with Gasteiger partial charge in [-0.1, -0.05) is 12.1 Å². The highest BCUT2D eigenvalue weighted by Crippen LogP contribution is 2.16. The number of ether oxygens (including phenoxy) is 1. The molecule has 1 aromatic carbocycles. The largest absolute Gasteiger partial charge is 0.380 e. The highest BCUT2D eigenvalue weighted by atomic mass is 16.5. The number of hydrogen-bond acceptors (Lipinski definition) is 3. The molecule has 2 rings (SSSR count). The Balaban J connectivity index is 2.30.